The molecule has 2 nitrogen and oxygen atoms in total. The number of hydrogen-bond donors (Lipinski definition) is 1. The van der Waals surface area contributed by atoms with Gasteiger partial charge in [0.1, 0.15) is 5.82 Å². The summed E-state index contributed by atoms with van der Waals surface area (Å²) in [5.41, 5.74) is 1.20. The molecule has 1 heterocycles. The lowest BCUT2D eigenvalue weighted by molar-refractivity contribution is 0.750. The summed E-state index contributed by atoms with van der Waals surface area (Å²) in [5.74, 6) is 0.942. The van der Waals surface area contributed by atoms with Crippen LogP contribution in [0.1, 0.15) is 19.4 Å². The highest BCUT2D eigenvalue weighted by atomic mass is 79.9. The number of nitrogens with one attached hydrogen (secondary N) is 1. The molecule has 0 aliphatic rings. The Morgan fingerprint density at radius 2 is 2.20 bits per heavy atom. The van der Waals surface area contributed by atoms with Gasteiger partial charge in [-0.3, -0.25) is 0 Å². The number of nitrogens with zero attached hydrogens (tertiary/aromatic N) is 1. The molecule has 84 valence electrons. The van der Waals surface area contributed by atoms with Gasteiger partial charge in [-0.05, 0) is 54.6 Å². The average Bonchev–Trinajstić information content (AvgIpc) is 2.20. The number of rotatable bonds is 4. The number of halogens is 1. The molecule has 0 saturated heterocycles. The molecular weight excluding hydrogens is 272 g/mol. The Morgan fingerprint density at radius 1 is 1.53 bits per heavy atom. The molecule has 4 heteroatoms. The number of pyridine rings is 1. The van der Waals surface area contributed by atoms with Crippen LogP contribution in [-0.4, -0.2) is 22.5 Å². The van der Waals surface area contributed by atoms with Crippen LogP contribution in [0.25, 0.3) is 0 Å². The fourth-order valence-electron chi connectivity index (χ4n) is 1.01. The summed E-state index contributed by atoms with van der Waals surface area (Å²) in [4.78, 5) is 4.31. The summed E-state index contributed by atoms with van der Waals surface area (Å²) in [5, 5.41) is 3.35. The molecule has 0 bridgehead atoms. The summed E-state index contributed by atoms with van der Waals surface area (Å²) in [6, 6.07) is 2.06. The minimum Gasteiger partial charge on any atom is -0.369 e. The Balaban J connectivity index is 2.62. The first-order valence-corrected chi connectivity index (χ1v) is 6.87. The molecule has 0 aromatic carbocycles. The number of anilines is 1. The maximum atomic E-state index is 4.31. The van der Waals surface area contributed by atoms with Gasteiger partial charge >= 0.3 is 0 Å². The summed E-state index contributed by atoms with van der Waals surface area (Å²) in [7, 11) is 0. The molecular formula is C11H17BrN2S. The minimum absolute atomic E-state index is 0.239. The molecule has 1 rings (SSSR count). The molecule has 0 atom stereocenters. The third kappa shape index (κ3) is 4.03. The fraction of sp³-hybridized carbons (Fsp3) is 0.545. The van der Waals surface area contributed by atoms with Crippen molar-refractivity contribution >= 4 is 33.5 Å². The first kappa shape index (κ1) is 12.8. The van der Waals surface area contributed by atoms with Crippen molar-refractivity contribution in [3.63, 3.8) is 0 Å². The van der Waals surface area contributed by atoms with E-state index in [-0.39, 0.29) is 4.75 Å². The second-order valence-corrected chi connectivity index (χ2v) is 6.50. The van der Waals surface area contributed by atoms with Crippen molar-refractivity contribution in [2.45, 2.75) is 25.5 Å². The molecule has 1 N–H and O–H groups in total. The normalized spacial score (nSPS) is 11.5. The zero-order chi connectivity index (χ0) is 11.5. The SMILES string of the molecule is CSC(C)(C)CNc1cc(C)c(Br)cn1. The van der Waals surface area contributed by atoms with Crippen LogP contribution in [0, 0.1) is 6.92 Å². The summed E-state index contributed by atoms with van der Waals surface area (Å²) in [6.45, 7) is 7.42. The lowest BCUT2D eigenvalue weighted by atomic mass is 10.2. The van der Waals surface area contributed by atoms with Crippen molar-refractivity contribution in [3.8, 4) is 0 Å². The third-order valence-electron chi connectivity index (χ3n) is 2.29. The third-order valence-corrected chi connectivity index (χ3v) is 4.37. The maximum absolute atomic E-state index is 4.31. The molecule has 0 aliphatic carbocycles. The van der Waals surface area contributed by atoms with Crippen molar-refractivity contribution in [2.24, 2.45) is 0 Å². The van der Waals surface area contributed by atoms with Gasteiger partial charge in [0, 0.05) is 22.0 Å². The molecule has 0 amide bonds. The van der Waals surface area contributed by atoms with Gasteiger partial charge < -0.3 is 5.32 Å². The summed E-state index contributed by atoms with van der Waals surface area (Å²) >= 11 is 5.29. The van der Waals surface area contributed by atoms with E-state index in [4.69, 9.17) is 0 Å². The molecule has 1 aromatic heterocycles. The molecule has 0 spiro atoms. The number of aromatic nitrogens is 1. The smallest absolute Gasteiger partial charge is 0.126 e. The zero-order valence-electron chi connectivity index (χ0n) is 9.60. The van der Waals surface area contributed by atoms with E-state index in [1.807, 2.05) is 18.0 Å². The Labute approximate surface area is 104 Å². The van der Waals surface area contributed by atoms with E-state index in [9.17, 15) is 0 Å². The number of thioether (sulfide) groups is 1. The van der Waals surface area contributed by atoms with Crippen molar-refractivity contribution in [1.82, 2.24) is 4.98 Å². The fourth-order valence-corrected chi connectivity index (χ4v) is 1.44. The van der Waals surface area contributed by atoms with Crippen LogP contribution in [0.2, 0.25) is 0 Å². The topological polar surface area (TPSA) is 24.9 Å². The van der Waals surface area contributed by atoms with Gasteiger partial charge in [-0.2, -0.15) is 11.8 Å². The molecule has 1 aromatic rings. The quantitative estimate of drug-likeness (QED) is 0.914. The predicted molar refractivity (Wildman–Crippen MR) is 72.8 cm³/mol. The first-order valence-electron chi connectivity index (χ1n) is 4.86. The van der Waals surface area contributed by atoms with Crippen LogP contribution in [0.15, 0.2) is 16.7 Å². The lowest BCUT2D eigenvalue weighted by Crippen LogP contribution is -2.26. The molecule has 0 saturated carbocycles. The second kappa shape index (κ2) is 5.21. The van der Waals surface area contributed by atoms with E-state index < -0.39 is 0 Å². The predicted octanol–water partition coefficient (Wildman–Crippen LogP) is 3.71. The highest BCUT2D eigenvalue weighted by Crippen LogP contribution is 2.22. The van der Waals surface area contributed by atoms with E-state index >= 15 is 0 Å². The van der Waals surface area contributed by atoms with Crippen LogP contribution in [-0.2, 0) is 0 Å². The Hall–Kier alpha value is -0.220. The van der Waals surface area contributed by atoms with Gasteiger partial charge in [0.25, 0.3) is 0 Å². The Morgan fingerprint density at radius 3 is 2.73 bits per heavy atom. The Kier molecular flexibility index (Phi) is 4.46. The van der Waals surface area contributed by atoms with E-state index in [0.717, 1.165) is 16.8 Å². The van der Waals surface area contributed by atoms with Gasteiger partial charge in [0.15, 0.2) is 0 Å². The van der Waals surface area contributed by atoms with Crippen LogP contribution >= 0.6 is 27.7 Å². The van der Waals surface area contributed by atoms with Crippen molar-refractivity contribution in [2.75, 3.05) is 18.1 Å². The van der Waals surface area contributed by atoms with Gasteiger partial charge in [-0.1, -0.05) is 0 Å². The molecule has 0 unspecified atom stereocenters. The highest BCUT2D eigenvalue weighted by molar-refractivity contribution is 9.10. The van der Waals surface area contributed by atoms with Crippen molar-refractivity contribution in [3.05, 3.63) is 22.3 Å². The van der Waals surface area contributed by atoms with Crippen LogP contribution in [0.4, 0.5) is 5.82 Å². The van der Waals surface area contributed by atoms with Gasteiger partial charge in [-0.25, -0.2) is 4.98 Å². The van der Waals surface area contributed by atoms with Crippen LogP contribution < -0.4 is 5.32 Å². The lowest BCUT2D eigenvalue weighted by Gasteiger charge is -2.22. The van der Waals surface area contributed by atoms with Crippen molar-refractivity contribution in [1.29, 1.82) is 0 Å². The number of aryl methyl sites for hydroxylation is 1. The van der Waals surface area contributed by atoms with Crippen LogP contribution in [0.5, 0.6) is 0 Å². The van der Waals surface area contributed by atoms with E-state index in [0.29, 0.717) is 0 Å². The summed E-state index contributed by atoms with van der Waals surface area (Å²) < 4.78 is 1.29. The van der Waals surface area contributed by atoms with Crippen molar-refractivity contribution < 1.29 is 0 Å². The molecule has 15 heavy (non-hydrogen) atoms. The highest BCUT2D eigenvalue weighted by Gasteiger charge is 2.15. The largest absolute Gasteiger partial charge is 0.369 e. The maximum Gasteiger partial charge on any atom is 0.126 e. The molecule has 0 fully saturated rings. The van der Waals surface area contributed by atoms with Gasteiger partial charge in [-0.15, -0.1) is 0 Å². The molecule has 0 aliphatic heterocycles. The monoisotopic (exact) mass is 288 g/mol. The second-order valence-electron chi connectivity index (χ2n) is 4.14. The van der Waals surface area contributed by atoms with E-state index in [2.05, 4.69) is 59.3 Å². The first-order chi connectivity index (χ1) is 6.94. The van der Waals surface area contributed by atoms with E-state index in [1.165, 1.54) is 5.56 Å². The van der Waals surface area contributed by atoms with E-state index in [1.54, 1.807) is 0 Å². The standard InChI is InChI=1S/C11H17BrN2S/c1-8-5-10(13-6-9(8)12)14-7-11(2,3)15-4/h5-6H,7H2,1-4H3,(H,13,14). The molecule has 0 radical (unpaired) electrons. The minimum atomic E-state index is 0.239. The van der Waals surface area contributed by atoms with Crippen LogP contribution in [0.3, 0.4) is 0 Å². The van der Waals surface area contributed by atoms with Gasteiger partial charge in [0.2, 0.25) is 0 Å². The Bertz CT molecular complexity index is 339. The van der Waals surface area contributed by atoms with Gasteiger partial charge in [0.05, 0.1) is 0 Å². The number of hydrogen-bond acceptors (Lipinski definition) is 3. The zero-order valence-corrected chi connectivity index (χ0v) is 12.0. The summed E-state index contributed by atoms with van der Waals surface area (Å²) in [6.07, 6.45) is 3.96. The average molecular weight is 289 g/mol.